The molecule has 25 heavy (non-hydrogen) atoms. The topological polar surface area (TPSA) is 141 Å². The van der Waals surface area contributed by atoms with Crippen molar-refractivity contribution in [3.8, 4) is 0 Å². The Balaban J connectivity index is 1.79. The molecule has 0 radical (unpaired) electrons. The van der Waals surface area contributed by atoms with Crippen molar-refractivity contribution in [2.75, 3.05) is 26.4 Å². The van der Waals surface area contributed by atoms with Crippen LogP contribution in [-0.2, 0) is 23.5 Å². The van der Waals surface area contributed by atoms with Crippen molar-refractivity contribution in [3.05, 3.63) is 32.6 Å². The highest BCUT2D eigenvalue weighted by Gasteiger charge is 2.29. The number of ether oxygens (including phenoxy) is 3. The van der Waals surface area contributed by atoms with Crippen molar-refractivity contribution in [3.63, 3.8) is 0 Å². The van der Waals surface area contributed by atoms with Gasteiger partial charge in [-0.05, 0) is 13.8 Å². The maximum absolute atomic E-state index is 11.8. The fraction of sp³-hybridized carbons (Fsp3) is 0.615. The van der Waals surface area contributed by atoms with Crippen molar-refractivity contribution in [2.45, 2.75) is 26.4 Å². The van der Waals surface area contributed by atoms with Crippen LogP contribution in [0.3, 0.4) is 0 Å². The van der Waals surface area contributed by atoms with Crippen LogP contribution in [0.4, 0.5) is 0 Å². The number of carbonyl (C=O) groups excluding carboxylic acids is 1. The summed E-state index contributed by atoms with van der Waals surface area (Å²) in [6, 6.07) is 0. The van der Waals surface area contributed by atoms with E-state index in [4.69, 9.17) is 18.7 Å². The Kier molecular flexibility index (Phi) is 7.24. The lowest BCUT2D eigenvalue weighted by molar-refractivity contribution is -0.141. The van der Waals surface area contributed by atoms with E-state index in [1.165, 1.54) is 10.8 Å². The van der Waals surface area contributed by atoms with Crippen LogP contribution in [0.25, 0.3) is 0 Å². The summed E-state index contributed by atoms with van der Waals surface area (Å²) in [7, 11) is -2.05. The third-order valence-corrected chi connectivity index (χ3v) is 4.01. The quantitative estimate of drug-likeness (QED) is 0.388. The van der Waals surface area contributed by atoms with Crippen molar-refractivity contribution < 1.29 is 28.4 Å². The number of H-pyrrole nitrogens is 1. The van der Waals surface area contributed by atoms with E-state index >= 15 is 0 Å². The molecule has 3 atom stereocenters. The molecule has 2 heterocycles. The van der Waals surface area contributed by atoms with Gasteiger partial charge in [-0.15, -0.1) is 0 Å². The zero-order valence-corrected chi connectivity index (χ0v) is 14.7. The highest BCUT2D eigenvalue weighted by molar-refractivity contribution is 7.43. The molecule has 3 N–H and O–H groups in total. The van der Waals surface area contributed by atoms with Gasteiger partial charge in [0.1, 0.15) is 13.2 Å². The summed E-state index contributed by atoms with van der Waals surface area (Å²) < 4.78 is 21.9. The molecular formula is C13H20N3O8P. The predicted octanol–water partition coefficient (Wildman–Crippen LogP) is -0.895. The molecule has 1 aromatic rings. The molecule has 2 rings (SSSR count). The van der Waals surface area contributed by atoms with Crippen LogP contribution in [0.15, 0.2) is 15.8 Å². The molecule has 12 heteroatoms. The van der Waals surface area contributed by atoms with Gasteiger partial charge in [0, 0.05) is 11.8 Å². The average Bonchev–Trinajstić information content (AvgIpc) is 3.03. The van der Waals surface area contributed by atoms with Crippen LogP contribution in [0.5, 0.6) is 0 Å². The summed E-state index contributed by atoms with van der Waals surface area (Å²) in [5.74, 6) is -0.506. The zero-order valence-electron chi connectivity index (χ0n) is 13.8. The molecule has 140 valence electrons. The number of aryl methyl sites for hydroxylation is 1. The van der Waals surface area contributed by atoms with Crippen LogP contribution in [0.2, 0.25) is 0 Å². The Morgan fingerprint density at radius 1 is 1.56 bits per heavy atom. The lowest BCUT2D eigenvalue weighted by Crippen LogP contribution is -2.34. The first kappa shape index (κ1) is 19.7. The van der Waals surface area contributed by atoms with E-state index in [1.807, 2.05) is 0 Å². The molecule has 1 aliphatic heterocycles. The van der Waals surface area contributed by atoms with E-state index in [0.717, 1.165) is 0 Å². The van der Waals surface area contributed by atoms with Gasteiger partial charge in [0.25, 0.3) is 14.1 Å². The molecule has 1 aliphatic rings. The van der Waals surface area contributed by atoms with E-state index in [2.05, 4.69) is 10.1 Å². The first-order valence-corrected chi connectivity index (χ1v) is 8.72. The van der Waals surface area contributed by atoms with Crippen LogP contribution in [0, 0.1) is 6.92 Å². The van der Waals surface area contributed by atoms with Gasteiger partial charge in [-0.3, -0.25) is 19.1 Å². The summed E-state index contributed by atoms with van der Waals surface area (Å²) in [6.45, 7) is 3.29. The van der Waals surface area contributed by atoms with Gasteiger partial charge in [0.2, 0.25) is 0 Å². The molecule has 0 amide bonds. The zero-order chi connectivity index (χ0) is 18.4. The Bertz CT molecular complexity index is 705. The van der Waals surface area contributed by atoms with E-state index in [1.54, 1.807) is 13.8 Å². The van der Waals surface area contributed by atoms with Crippen molar-refractivity contribution in [1.82, 2.24) is 14.6 Å². The summed E-state index contributed by atoms with van der Waals surface area (Å²) >= 11 is 0. The van der Waals surface area contributed by atoms with Crippen molar-refractivity contribution in [2.24, 2.45) is 0 Å². The molecular weight excluding hydrogens is 357 g/mol. The minimum atomic E-state index is -2.05. The molecule has 0 bridgehead atoms. The van der Waals surface area contributed by atoms with Gasteiger partial charge < -0.3 is 23.6 Å². The first-order chi connectivity index (χ1) is 11.9. The van der Waals surface area contributed by atoms with Gasteiger partial charge in [0.05, 0.1) is 13.2 Å². The van der Waals surface area contributed by atoms with Crippen LogP contribution < -0.4 is 16.3 Å². The molecule has 1 fully saturated rings. The standard InChI is InChI=1S/C13H20N3O8P/c1-3-21-10(17)4-14-25(20)23-7-11-22-6-9(24-11)16-5-8(2)12(18)15-13(16)19/h5,9,11,14,20H,3-4,6-7H2,1-2H3,(H,15,18,19). The van der Waals surface area contributed by atoms with Gasteiger partial charge in [-0.2, -0.15) is 0 Å². The van der Waals surface area contributed by atoms with Gasteiger partial charge in [-0.1, -0.05) is 0 Å². The Hall–Kier alpha value is -1.62. The summed E-state index contributed by atoms with van der Waals surface area (Å²) in [5.41, 5.74) is -0.699. The number of carbonyl (C=O) groups is 1. The lowest BCUT2D eigenvalue weighted by Gasteiger charge is -2.16. The largest absolute Gasteiger partial charge is 0.465 e. The molecule has 0 saturated carbocycles. The molecule has 11 nitrogen and oxygen atoms in total. The van der Waals surface area contributed by atoms with Crippen LogP contribution in [0.1, 0.15) is 18.7 Å². The smallest absolute Gasteiger partial charge is 0.330 e. The van der Waals surface area contributed by atoms with Gasteiger partial charge in [0.15, 0.2) is 12.5 Å². The lowest BCUT2D eigenvalue weighted by atomic mass is 10.4. The Labute approximate surface area is 143 Å². The number of nitrogens with one attached hydrogen (secondary N) is 2. The molecule has 3 unspecified atom stereocenters. The second kappa shape index (κ2) is 9.18. The second-order valence-corrected chi connectivity index (χ2v) is 6.16. The first-order valence-electron chi connectivity index (χ1n) is 7.51. The molecule has 0 spiro atoms. The summed E-state index contributed by atoms with van der Waals surface area (Å²) in [6.07, 6.45) is -0.127. The monoisotopic (exact) mass is 377 g/mol. The van der Waals surface area contributed by atoms with Crippen LogP contribution in [-0.4, -0.2) is 53.1 Å². The number of aromatic nitrogens is 2. The molecule has 1 aromatic heterocycles. The third-order valence-electron chi connectivity index (χ3n) is 3.19. The SMILES string of the molecule is CCOC(=O)CNP(O)OCC1OCC(n2cc(C)c(=O)[nH]c2=O)O1. The fourth-order valence-corrected chi connectivity index (χ4v) is 2.62. The average molecular weight is 377 g/mol. The molecule has 0 aromatic carbocycles. The molecule has 1 saturated heterocycles. The van der Waals surface area contributed by atoms with Gasteiger partial charge in [-0.25, -0.2) is 9.88 Å². The maximum atomic E-state index is 11.8. The van der Waals surface area contributed by atoms with Crippen molar-refractivity contribution >= 4 is 14.5 Å². The number of esters is 1. The minimum absolute atomic E-state index is 0.0824. The predicted molar refractivity (Wildman–Crippen MR) is 85.6 cm³/mol. The number of aromatic amines is 1. The van der Waals surface area contributed by atoms with E-state index in [-0.39, 0.29) is 26.4 Å². The number of nitrogens with zero attached hydrogens (tertiary/aromatic N) is 1. The van der Waals surface area contributed by atoms with Crippen molar-refractivity contribution in [1.29, 1.82) is 0 Å². The maximum Gasteiger partial charge on any atom is 0.330 e. The second-order valence-electron chi connectivity index (χ2n) is 5.04. The number of hydrogen-bond acceptors (Lipinski definition) is 9. The van der Waals surface area contributed by atoms with E-state index < -0.39 is 38.3 Å². The fourth-order valence-electron chi connectivity index (χ4n) is 2.00. The van der Waals surface area contributed by atoms with E-state index in [0.29, 0.717) is 5.56 Å². The summed E-state index contributed by atoms with van der Waals surface area (Å²) in [4.78, 5) is 46.1. The highest BCUT2D eigenvalue weighted by atomic mass is 31.2. The minimum Gasteiger partial charge on any atom is -0.465 e. The number of rotatable bonds is 8. The van der Waals surface area contributed by atoms with E-state index in [9.17, 15) is 19.3 Å². The number of hydrogen-bond donors (Lipinski definition) is 3. The van der Waals surface area contributed by atoms with Crippen LogP contribution >= 0.6 is 8.53 Å². The Morgan fingerprint density at radius 3 is 3.04 bits per heavy atom. The third kappa shape index (κ3) is 5.70. The normalized spacial score (nSPS) is 21.2. The van der Waals surface area contributed by atoms with Gasteiger partial charge >= 0.3 is 11.7 Å². The Morgan fingerprint density at radius 2 is 2.32 bits per heavy atom. The highest BCUT2D eigenvalue weighted by Crippen LogP contribution is 2.28. The summed E-state index contributed by atoms with van der Waals surface area (Å²) in [5, 5.41) is 2.47. The molecule has 0 aliphatic carbocycles.